The van der Waals surface area contributed by atoms with Crippen LogP contribution in [-0.2, 0) is 10.4 Å². The highest BCUT2D eigenvalue weighted by Gasteiger charge is 2.32. The van der Waals surface area contributed by atoms with Gasteiger partial charge < -0.3 is 9.17 Å². The van der Waals surface area contributed by atoms with Gasteiger partial charge in [-0.3, -0.25) is 14.0 Å². The van der Waals surface area contributed by atoms with Gasteiger partial charge in [0, 0.05) is 18.5 Å². The molecule has 2 aromatic rings. The molecule has 2 rings (SSSR count). The highest BCUT2D eigenvalue weighted by molar-refractivity contribution is 7.90. The van der Waals surface area contributed by atoms with E-state index in [0.29, 0.717) is 18.5 Å². The average molecular weight is 403 g/mol. The van der Waals surface area contributed by atoms with Crippen LogP contribution >= 0.6 is 36.3 Å². The van der Waals surface area contributed by atoms with Gasteiger partial charge in [-0.15, -0.1) is 12.4 Å². The van der Waals surface area contributed by atoms with Crippen LogP contribution in [-0.4, -0.2) is 16.6 Å². The standard InChI is InChI=1S/C13H10ClF3N2O3S.ClH/c1-2-21-23-22-10-3-7(13(15,16)17)5-19-12(10)8-6-18-11(14)4-9(8)20;/h3-6H,2H2,1H3,(H,18,20);1H. The largest absolute Gasteiger partial charge is 0.418 e. The third kappa shape index (κ3) is 5.04. The van der Waals surface area contributed by atoms with E-state index in [-0.39, 0.29) is 41.2 Å². The minimum atomic E-state index is -4.59. The van der Waals surface area contributed by atoms with Crippen LogP contribution in [0.15, 0.2) is 29.3 Å². The molecule has 1 N–H and O–H groups in total. The molecule has 0 aromatic carbocycles. The molecule has 0 aliphatic carbocycles. The van der Waals surface area contributed by atoms with Crippen molar-refractivity contribution in [3.05, 3.63) is 45.5 Å². The molecule has 0 spiro atoms. The Labute approximate surface area is 150 Å². The SMILES string of the molecule is CCOSOc1cc(C(F)(F)F)cnc1-c1c[nH]c(Cl)cc1=O.Cl. The number of H-pyrrole nitrogens is 1. The fourth-order valence-electron chi connectivity index (χ4n) is 1.61. The van der Waals surface area contributed by atoms with Gasteiger partial charge in [0.05, 0.1) is 17.7 Å². The van der Waals surface area contributed by atoms with Crippen LogP contribution in [0.1, 0.15) is 12.5 Å². The summed E-state index contributed by atoms with van der Waals surface area (Å²) in [5.41, 5.74) is -1.54. The lowest BCUT2D eigenvalue weighted by Gasteiger charge is -2.12. The van der Waals surface area contributed by atoms with E-state index >= 15 is 0 Å². The molecule has 0 amide bonds. The molecule has 0 aliphatic heterocycles. The van der Waals surface area contributed by atoms with Gasteiger partial charge in [-0.2, -0.15) is 13.2 Å². The summed E-state index contributed by atoms with van der Waals surface area (Å²) in [6.07, 6.45) is -2.72. The molecule has 2 aromatic heterocycles. The lowest BCUT2D eigenvalue weighted by molar-refractivity contribution is -0.137. The minimum Gasteiger partial charge on any atom is -0.398 e. The topological polar surface area (TPSA) is 64.2 Å². The summed E-state index contributed by atoms with van der Waals surface area (Å²) in [5.74, 6) is -0.244. The summed E-state index contributed by atoms with van der Waals surface area (Å²) < 4.78 is 48.4. The van der Waals surface area contributed by atoms with E-state index in [1.807, 2.05) is 0 Å². The molecule has 5 nitrogen and oxygen atoms in total. The van der Waals surface area contributed by atoms with Crippen molar-refractivity contribution in [1.82, 2.24) is 9.97 Å². The highest BCUT2D eigenvalue weighted by Crippen LogP contribution is 2.36. The number of halogens is 5. The molecule has 0 unspecified atom stereocenters. The number of alkyl halides is 3. The van der Waals surface area contributed by atoms with Crippen molar-refractivity contribution in [2.24, 2.45) is 0 Å². The lowest BCUT2D eigenvalue weighted by Crippen LogP contribution is -2.09. The van der Waals surface area contributed by atoms with Crippen LogP contribution in [0.25, 0.3) is 11.3 Å². The second-order valence-electron chi connectivity index (χ2n) is 4.19. The lowest BCUT2D eigenvalue weighted by atomic mass is 10.1. The van der Waals surface area contributed by atoms with Crippen LogP contribution in [0.5, 0.6) is 5.75 Å². The van der Waals surface area contributed by atoms with Crippen molar-refractivity contribution in [1.29, 1.82) is 0 Å². The molecule has 0 aliphatic rings. The van der Waals surface area contributed by atoms with Crippen molar-refractivity contribution >= 4 is 36.3 Å². The molecule has 0 bridgehead atoms. The van der Waals surface area contributed by atoms with Gasteiger partial charge >= 0.3 is 6.18 Å². The van der Waals surface area contributed by atoms with Crippen molar-refractivity contribution in [3.8, 4) is 17.0 Å². The van der Waals surface area contributed by atoms with Crippen LogP contribution < -0.4 is 9.61 Å². The maximum Gasteiger partial charge on any atom is 0.418 e. The zero-order valence-electron chi connectivity index (χ0n) is 12.0. The van der Waals surface area contributed by atoms with Crippen LogP contribution in [0.4, 0.5) is 13.2 Å². The number of hydrogen-bond donors (Lipinski definition) is 1. The van der Waals surface area contributed by atoms with Gasteiger partial charge in [0.2, 0.25) is 12.3 Å². The van der Waals surface area contributed by atoms with Crippen molar-refractivity contribution in [3.63, 3.8) is 0 Å². The quantitative estimate of drug-likeness (QED) is 0.452. The third-order valence-electron chi connectivity index (χ3n) is 2.60. The minimum absolute atomic E-state index is 0. The molecular weight excluding hydrogens is 392 g/mol. The maximum atomic E-state index is 12.8. The van der Waals surface area contributed by atoms with Gasteiger partial charge in [0.25, 0.3) is 0 Å². The Hall–Kier alpha value is -1.42. The van der Waals surface area contributed by atoms with Gasteiger partial charge in [-0.05, 0) is 13.0 Å². The third-order valence-corrected chi connectivity index (χ3v) is 3.40. The summed E-state index contributed by atoms with van der Waals surface area (Å²) in [6, 6.07) is 1.85. The number of aromatic nitrogens is 2. The second kappa shape index (κ2) is 8.61. The Kier molecular flexibility index (Phi) is 7.40. The first-order valence-electron chi connectivity index (χ1n) is 6.25. The summed E-state index contributed by atoms with van der Waals surface area (Å²) in [6.45, 7) is 1.97. The normalized spacial score (nSPS) is 11.0. The first-order chi connectivity index (χ1) is 10.8. The Morgan fingerprint density at radius 2 is 2.08 bits per heavy atom. The average Bonchev–Trinajstić information content (AvgIpc) is 2.47. The number of aromatic amines is 1. The summed E-state index contributed by atoms with van der Waals surface area (Å²) in [7, 11) is 0. The number of rotatable bonds is 5. The molecule has 11 heteroatoms. The number of pyridine rings is 2. The fraction of sp³-hybridized carbons (Fsp3) is 0.231. The van der Waals surface area contributed by atoms with Crippen molar-refractivity contribution in [2.75, 3.05) is 6.61 Å². The fourth-order valence-corrected chi connectivity index (χ4v) is 2.10. The first-order valence-corrected chi connectivity index (χ1v) is 7.29. The summed E-state index contributed by atoms with van der Waals surface area (Å²) in [4.78, 5) is 18.2. The van der Waals surface area contributed by atoms with Gasteiger partial charge in [0.15, 0.2) is 11.2 Å². The second-order valence-corrected chi connectivity index (χ2v) is 5.13. The predicted octanol–water partition coefficient (Wildman–Crippen LogP) is 4.51. The molecule has 0 saturated heterocycles. The molecule has 0 fully saturated rings. The van der Waals surface area contributed by atoms with Gasteiger partial charge in [-0.25, -0.2) is 0 Å². The van der Waals surface area contributed by atoms with E-state index in [0.717, 1.165) is 12.1 Å². The Bertz CT molecular complexity index is 756. The predicted molar refractivity (Wildman–Crippen MR) is 87.4 cm³/mol. The molecule has 132 valence electrons. The van der Waals surface area contributed by atoms with Crippen LogP contribution in [0.3, 0.4) is 0 Å². The number of nitrogens with zero attached hydrogens (tertiary/aromatic N) is 1. The molecule has 0 atom stereocenters. The van der Waals surface area contributed by atoms with Gasteiger partial charge in [-0.1, -0.05) is 11.6 Å². The molecule has 0 saturated carbocycles. The van der Waals surface area contributed by atoms with E-state index in [9.17, 15) is 18.0 Å². The Balaban J connectivity index is 0.00000288. The van der Waals surface area contributed by atoms with Crippen molar-refractivity contribution < 1.29 is 21.5 Å². The first kappa shape index (κ1) is 20.6. The van der Waals surface area contributed by atoms with Gasteiger partial charge in [0.1, 0.15) is 10.8 Å². The number of nitrogens with one attached hydrogen (secondary N) is 1. The van der Waals surface area contributed by atoms with Crippen LogP contribution in [0, 0.1) is 0 Å². The summed E-state index contributed by atoms with van der Waals surface area (Å²) in [5, 5.41) is 0.0943. The smallest absolute Gasteiger partial charge is 0.398 e. The van der Waals surface area contributed by atoms with E-state index in [2.05, 4.69) is 9.97 Å². The van der Waals surface area contributed by atoms with E-state index in [4.69, 9.17) is 20.0 Å². The zero-order chi connectivity index (χ0) is 17.0. The zero-order valence-corrected chi connectivity index (χ0v) is 14.4. The van der Waals surface area contributed by atoms with E-state index < -0.39 is 17.2 Å². The van der Waals surface area contributed by atoms with Crippen molar-refractivity contribution in [2.45, 2.75) is 13.1 Å². The monoisotopic (exact) mass is 402 g/mol. The Morgan fingerprint density at radius 3 is 2.67 bits per heavy atom. The van der Waals surface area contributed by atoms with E-state index in [1.165, 1.54) is 6.20 Å². The molecular formula is C13H11Cl2F3N2O3S. The van der Waals surface area contributed by atoms with Crippen LogP contribution in [0.2, 0.25) is 5.15 Å². The molecule has 0 radical (unpaired) electrons. The molecule has 24 heavy (non-hydrogen) atoms. The Morgan fingerprint density at radius 1 is 1.38 bits per heavy atom. The highest BCUT2D eigenvalue weighted by atomic mass is 35.5. The molecule has 2 heterocycles. The maximum absolute atomic E-state index is 12.8. The summed E-state index contributed by atoms with van der Waals surface area (Å²) >= 11 is 6.15. The van der Waals surface area contributed by atoms with E-state index in [1.54, 1.807) is 6.92 Å². The number of hydrogen-bond acceptors (Lipinski definition) is 5.